The van der Waals surface area contributed by atoms with Crippen LogP contribution in [0.15, 0.2) is 0 Å². The summed E-state index contributed by atoms with van der Waals surface area (Å²) in [5.41, 5.74) is -0.510. The van der Waals surface area contributed by atoms with E-state index in [2.05, 4.69) is 24.5 Å². The maximum absolute atomic E-state index is 11.9. The van der Waals surface area contributed by atoms with Crippen molar-refractivity contribution in [2.75, 3.05) is 6.54 Å². The van der Waals surface area contributed by atoms with Crippen LogP contribution in [-0.2, 0) is 9.53 Å². The Morgan fingerprint density at radius 1 is 1.10 bits per heavy atom. The van der Waals surface area contributed by atoms with Gasteiger partial charge in [-0.2, -0.15) is 0 Å². The first-order chi connectivity index (χ1) is 9.51. The van der Waals surface area contributed by atoms with Crippen molar-refractivity contribution in [3.8, 4) is 0 Å². The standard InChI is InChI=1S/C16H32N2O3/c1-11(2)8-9-17-14(19)12(3)10-13(4)18-15(20)21-16(5,6)7/h11-13H,8-10H2,1-7H3,(H,17,19)(H,18,20). The zero-order chi connectivity index (χ0) is 16.6. The Morgan fingerprint density at radius 3 is 2.14 bits per heavy atom. The SMILES string of the molecule is CC(C)CCNC(=O)C(C)CC(C)NC(=O)OC(C)(C)C. The minimum absolute atomic E-state index is 0.0356. The zero-order valence-corrected chi connectivity index (χ0v) is 14.6. The molecule has 2 unspecified atom stereocenters. The van der Waals surface area contributed by atoms with Gasteiger partial charge in [-0.25, -0.2) is 4.79 Å². The molecule has 124 valence electrons. The van der Waals surface area contributed by atoms with Gasteiger partial charge in [0.2, 0.25) is 5.91 Å². The number of amides is 2. The van der Waals surface area contributed by atoms with Gasteiger partial charge in [0, 0.05) is 18.5 Å². The van der Waals surface area contributed by atoms with Gasteiger partial charge in [-0.1, -0.05) is 20.8 Å². The summed E-state index contributed by atoms with van der Waals surface area (Å²) in [6.45, 7) is 14.2. The van der Waals surface area contributed by atoms with Crippen molar-refractivity contribution < 1.29 is 14.3 Å². The second-order valence-corrected chi connectivity index (χ2v) is 7.16. The largest absolute Gasteiger partial charge is 0.444 e. The first-order valence-electron chi connectivity index (χ1n) is 7.78. The first kappa shape index (κ1) is 19.7. The Hall–Kier alpha value is -1.26. The minimum atomic E-state index is -0.510. The summed E-state index contributed by atoms with van der Waals surface area (Å²) >= 11 is 0. The number of ether oxygens (including phenoxy) is 1. The number of rotatable bonds is 7. The van der Waals surface area contributed by atoms with E-state index in [-0.39, 0.29) is 17.9 Å². The van der Waals surface area contributed by atoms with Crippen LogP contribution in [-0.4, -0.2) is 30.2 Å². The average molecular weight is 300 g/mol. The molecule has 0 aromatic carbocycles. The second-order valence-electron chi connectivity index (χ2n) is 7.16. The number of alkyl carbamates (subject to hydrolysis) is 1. The van der Waals surface area contributed by atoms with Crippen molar-refractivity contribution in [3.63, 3.8) is 0 Å². The van der Waals surface area contributed by atoms with Crippen LogP contribution in [0.25, 0.3) is 0 Å². The van der Waals surface area contributed by atoms with E-state index in [0.29, 0.717) is 18.9 Å². The van der Waals surface area contributed by atoms with Gasteiger partial charge in [-0.05, 0) is 46.5 Å². The average Bonchev–Trinajstić information content (AvgIpc) is 2.24. The van der Waals surface area contributed by atoms with Gasteiger partial charge in [0.1, 0.15) is 5.60 Å². The molecule has 0 rings (SSSR count). The monoisotopic (exact) mass is 300 g/mol. The molecule has 2 atom stereocenters. The van der Waals surface area contributed by atoms with Gasteiger partial charge < -0.3 is 15.4 Å². The van der Waals surface area contributed by atoms with Crippen molar-refractivity contribution in [3.05, 3.63) is 0 Å². The van der Waals surface area contributed by atoms with Gasteiger partial charge in [0.05, 0.1) is 0 Å². The van der Waals surface area contributed by atoms with Gasteiger partial charge in [-0.15, -0.1) is 0 Å². The summed E-state index contributed by atoms with van der Waals surface area (Å²) in [7, 11) is 0. The van der Waals surface area contributed by atoms with Crippen LogP contribution in [0.1, 0.15) is 61.3 Å². The van der Waals surface area contributed by atoms with Crippen LogP contribution in [0.3, 0.4) is 0 Å². The highest BCUT2D eigenvalue weighted by atomic mass is 16.6. The lowest BCUT2D eigenvalue weighted by atomic mass is 10.0. The van der Waals surface area contributed by atoms with E-state index in [9.17, 15) is 9.59 Å². The zero-order valence-electron chi connectivity index (χ0n) is 14.6. The first-order valence-corrected chi connectivity index (χ1v) is 7.78. The lowest BCUT2D eigenvalue weighted by molar-refractivity contribution is -0.124. The predicted molar refractivity (Wildman–Crippen MR) is 85.1 cm³/mol. The van der Waals surface area contributed by atoms with Crippen LogP contribution < -0.4 is 10.6 Å². The summed E-state index contributed by atoms with van der Waals surface area (Å²) < 4.78 is 5.19. The molecule has 0 aromatic heterocycles. The van der Waals surface area contributed by atoms with Crippen molar-refractivity contribution in [1.82, 2.24) is 10.6 Å². The molecule has 0 bridgehead atoms. The molecule has 0 radical (unpaired) electrons. The molecule has 2 N–H and O–H groups in total. The third-order valence-electron chi connectivity index (χ3n) is 2.94. The summed E-state index contributed by atoms with van der Waals surface area (Å²) in [4.78, 5) is 23.6. The maximum atomic E-state index is 11.9. The van der Waals surface area contributed by atoms with Crippen molar-refractivity contribution >= 4 is 12.0 Å². The normalized spacial score (nSPS) is 14.5. The van der Waals surface area contributed by atoms with E-state index in [1.165, 1.54) is 0 Å². The molecule has 5 heteroatoms. The number of nitrogens with one attached hydrogen (secondary N) is 2. The van der Waals surface area contributed by atoms with Crippen molar-refractivity contribution in [2.45, 2.75) is 73.0 Å². The van der Waals surface area contributed by atoms with E-state index >= 15 is 0 Å². The van der Waals surface area contributed by atoms with E-state index in [1.807, 2.05) is 34.6 Å². The van der Waals surface area contributed by atoms with Crippen molar-refractivity contribution in [2.24, 2.45) is 11.8 Å². The Morgan fingerprint density at radius 2 is 1.67 bits per heavy atom. The molecular formula is C16H32N2O3. The fourth-order valence-electron chi connectivity index (χ4n) is 1.86. The molecule has 0 fully saturated rings. The fraction of sp³-hybridized carbons (Fsp3) is 0.875. The molecule has 0 aromatic rings. The lowest BCUT2D eigenvalue weighted by Crippen LogP contribution is -2.40. The Labute approximate surface area is 129 Å². The van der Waals surface area contributed by atoms with E-state index in [4.69, 9.17) is 4.74 Å². The van der Waals surface area contributed by atoms with Crippen LogP contribution in [0.4, 0.5) is 4.79 Å². The third kappa shape index (κ3) is 11.1. The number of hydrogen-bond acceptors (Lipinski definition) is 3. The molecule has 0 spiro atoms. The maximum Gasteiger partial charge on any atom is 0.407 e. The number of carbonyl (C=O) groups excluding carboxylic acids is 2. The molecule has 0 saturated heterocycles. The quantitative estimate of drug-likeness (QED) is 0.759. The van der Waals surface area contributed by atoms with Crippen LogP contribution in [0, 0.1) is 11.8 Å². The topological polar surface area (TPSA) is 67.4 Å². The molecule has 21 heavy (non-hydrogen) atoms. The highest BCUT2D eigenvalue weighted by molar-refractivity contribution is 5.78. The van der Waals surface area contributed by atoms with E-state index < -0.39 is 11.7 Å². The molecular weight excluding hydrogens is 268 g/mol. The van der Waals surface area contributed by atoms with Gasteiger partial charge >= 0.3 is 6.09 Å². The third-order valence-corrected chi connectivity index (χ3v) is 2.94. The lowest BCUT2D eigenvalue weighted by Gasteiger charge is -2.23. The number of carbonyl (C=O) groups is 2. The summed E-state index contributed by atoms with van der Waals surface area (Å²) in [6.07, 6.45) is 1.12. The fourth-order valence-corrected chi connectivity index (χ4v) is 1.86. The predicted octanol–water partition coefficient (Wildman–Crippen LogP) is 3.09. The Kier molecular flexibility index (Phi) is 8.37. The van der Waals surface area contributed by atoms with Gasteiger partial charge in [-0.3, -0.25) is 4.79 Å². The molecule has 0 heterocycles. The molecule has 0 aliphatic carbocycles. The van der Waals surface area contributed by atoms with E-state index in [0.717, 1.165) is 6.42 Å². The molecule has 0 aliphatic rings. The number of hydrogen-bond donors (Lipinski definition) is 2. The molecule has 5 nitrogen and oxygen atoms in total. The summed E-state index contributed by atoms with van der Waals surface area (Å²) in [5.74, 6) is 0.476. The molecule has 2 amide bonds. The molecule has 0 saturated carbocycles. The van der Waals surface area contributed by atoms with Crippen LogP contribution >= 0.6 is 0 Å². The van der Waals surface area contributed by atoms with Gasteiger partial charge in [0.15, 0.2) is 0 Å². The van der Waals surface area contributed by atoms with E-state index in [1.54, 1.807) is 0 Å². The minimum Gasteiger partial charge on any atom is -0.444 e. The van der Waals surface area contributed by atoms with Crippen molar-refractivity contribution in [1.29, 1.82) is 0 Å². The van der Waals surface area contributed by atoms with Crippen LogP contribution in [0.2, 0.25) is 0 Å². The Bertz CT molecular complexity index is 335. The van der Waals surface area contributed by atoms with Gasteiger partial charge in [0.25, 0.3) is 0 Å². The smallest absolute Gasteiger partial charge is 0.407 e. The molecule has 0 aliphatic heterocycles. The second kappa shape index (κ2) is 8.90. The van der Waals surface area contributed by atoms with Crippen LogP contribution in [0.5, 0.6) is 0 Å². The summed E-state index contributed by atoms with van der Waals surface area (Å²) in [6, 6.07) is -0.106. The highest BCUT2D eigenvalue weighted by Gasteiger charge is 2.20. The highest BCUT2D eigenvalue weighted by Crippen LogP contribution is 2.10. The summed E-state index contributed by atoms with van der Waals surface area (Å²) in [5, 5.41) is 5.68. The Balaban J connectivity index is 4.05.